The Hall–Kier alpha value is -3.90. The molecule has 2 aromatic carbocycles. The molecule has 0 atom stereocenters. The van der Waals surface area contributed by atoms with Gasteiger partial charge in [-0.25, -0.2) is 0 Å². The van der Waals surface area contributed by atoms with Gasteiger partial charge in [0.2, 0.25) is 5.13 Å². The van der Waals surface area contributed by atoms with Gasteiger partial charge in [0.25, 0.3) is 5.91 Å². The van der Waals surface area contributed by atoms with Crippen LogP contribution in [0.1, 0.15) is 28.6 Å². The largest absolute Gasteiger partial charge is 0.493 e. The number of nitrogens with zero attached hydrogens (tertiary/aromatic N) is 3. The highest BCUT2D eigenvalue weighted by atomic mass is 32.1. The molecule has 8 nitrogen and oxygen atoms in total. The summed E-state index contributed by atoms with van der Waals surface area (Å²) < 4.78 is 17.1. The SMILES string of the molecule is CCc1nnc(NC(=O)/C(C#N)=C\c2ccc(OCCOc3cc(C)ccc3C)c(OC)c2)s1. The summed E-state index contributed by atoms with van der Waals surface area (Å²) >= 11 is 1.28. The molecule has 3 rings (SSSR count). The van der Waals surface area contributed by atoms with Crippen molar-refractivity contribution in [3.05, 3.63) is 63.7 Å². The van der Waals surface area contributed by atoms with E-state index in [4.69, 9.17) is 14.2 Å². The van der Waals surface area contributed by atoms with Crippen molar-refractivity contribution in [2.75, 3.05) is 25.6 Å². The number of aromatic nitrogens is 2. The van der Waals surface area contributed by atoms with Gasteiger partial charge in [-0.3, -0.25) is 10.1 Å². The van der Waals surface area contributed by atoms with E-state index in [0.717, 1.165) is 28.3 Å². The maximum absolute atomic E-state index is 12.5. The van der Waals surface area contributed by atoms with E-state index in [1.54, 1.807) is 18.2 Å². The molecule has 34 heavy (non-hydrogen) atoms. The van der Waals surface area contributed by atoms with E-state index in [0.29, 0.717) is 35.4 Å². The molecule has 0 fully saturated rings. The molecule has 0 saturated heterocycles. The molecule has 0 aliphatic carbocycles. The number of hydrogen-bond donors (Lipinski definition) is 1. The number of ether oxygens (including phenoxy) is 3. The Kier molecular flexibility index (Phi) is 8.60. The number of benzene rings is 2. The summed E-state index contributed by atoms with van der Waals surface area (Å²) in [5, 5.41) is 21.1. The molecule has 0 unspecified atom stereocenters. The van der Waals surface area contributed by atoms with Gasteiger partial charge in [0, 0.05) is 0 Å². The lowest BCUT2D eigenvalue weighted by atomic mass is 10.1. The number of rotatable bonds is 10. The Labute approximate surface area is 202 Å². The Bertz CT molecular complexity index is 1230. The Morgan fingerprint density at radius 1 is 1.09 bits per heavy atom. The summed E-state index contributed by atoms with van der Waals surface area (Å²) in [6.45, 7) is 6.66. The summed E-state index contributed by atoms with van der Waals surface area (Å²) in [4.78, 5) is 12.5. The molecule has 0 radical (unpaired) electrons. The molecule has 0 spiro atoms. The third-order valence-electron chi connectivity index (χ3n) is 4.80. The van der Waals surface area contributed by atoms with Gasteiger partial charge >= 0.3 is 0 Å². The van der Waals surface area contributed by atoms with Crippen LogP contribution in [0.25, 0.3) is 6.08 Å². The van der Waals surface area contributed by atoms with Gasteiger partial charge in [0.05, 0.1) is 7.11 Å². The number of nitrogens with one attached hydrogen (secondary N) is 1. The normalized spacial score (nSPS) is 11.0. The molecule has 0 aliphatic heterocycles. The number of carbonyl (C=O) groups is 1. The van der Waals surface area contributed by atoms with Gasteiger partial charge in [0.15, 0.2) is 11.5 Å². The predicted octanol–water partition coefficient (Wildman–Crippen LogP) is 4.73. The number of nitriles is 1. The van der Waals surface area contributed by atoms with Crippen molar-refractivity contribution in [3.8, 4) is 23.3 Å². The Morgan fingerprint density at radius 2 is 1.85 bits per heavy atom. The third kappa shape index (κ3) is 6.56. The molecule has 1 N–H and O–H groups in total. The van der Waals surface area contributed by atoms with Crippen molar-refractivity contribution in [2.24, 2.45) is 0 Å². The number of methoxy groups -OCH3 is 1. The molecule has 0 aliphatic rings. The Morgan fingerprint density at radius 3 is 2.53 bits per heavy atom. The first-order valence-corrected chi connectivity index (χ1v) is 11.5. The number of amides is 1. The first kappa shape index (κ1) is 24.7. The monoisotopic (exact) mass is 478 g/mol. The zero-order valence-corrected chi connectivity index (χ0v) is 20.4. The zero-order chi connectivity index (χ0) is 24.5. The van der Waals surface area contributed by atoms with Gasteiger partial charge in [-0.05, 0) is 61.2 Å². The standard InChI is InChI=1S/C25H26N4O4S/c1-5-23-28-29-25(34-23)27-24(30)19(15-26)13-18-8-9-20(22(14-18)31-4)32-10-11-33-21-12-16(2)6-7-17(21)3/h6-9,12-14H,5,10-11H2,1-4H3,(H,27,29,30)/b19-13-. The number of hydrogen-bond acceptors (Lipinski definition) is 8. The minimum Gasteiger partial charge on any atom is -0.493 e. The third-order valence-corrected chi connectivity index (χ3v) is 5.78. The molecule has 0 bridgehead atoms. The van der Waals surface area contributed by atoms with Crippen LogP contribution in [0.2, 0.25) is 0 Å². The van der Waals surface area contributed by atoms with Gasteiger partial charge in [-0.2, -0.15) is 5.26 Å². The summed E-state index contributed by atoms with van der Waals surface area (Å²) in [6.07, 6.45) is 2.20. The molecule has 3 aromatic rings. The number of anilines is 1. The number of carbonyl (C=O) groups excluding carboxylic acids is 1. The summed E-state index contributed by atoms with van der Waals surface area (Å²) in [7, 11) is 1.53. The van der Waals surface area contributed by atoms with Crippen molar-refractivity contribution < 1.29 is 19.0 Å². The minimum absolute atomic E-state index is 0.0640. The van der Waals surface area contributed by atoms with E-state index < -0.39 is 5.91 Å². The van der Waals surface area contributed by atoms with Crippen LogP contribution < -0.4 is 19.5 Å². The van der Waals surface area contributed by atoms with Crippen LogP contribution in [0, 0.1) is 25.2 Å². The maximum atomic E-state index is 12.5. The average Bonchev–Trinajstić information content (AvgIpc) is 3.30. The van der Waals surface area contributed by atoms with Crippen LogP contribution in [0.4, 0.5) is 5.13 Å². The lowest BCUT2D eigenvalue weighted by Crippen LogP contribution is -2.13. The maximum Gasteiger partial charge on any atom is 0.268 e. The van der Waals surface area contributed by atoms with Crippen molar-refractivity contribution in [3.63, 3.8) is 0 Å². The highest BCUT2D eigenvalue weighted by Crippen LogP contribution is 2.29. The van der Waals surface area contributed by atoms with Crippen LogP contribution >= 0.6 is 11.3 Å². The van der Waals surface area contributed by atoms with Gasteiger partial charge in [-0.1, -0.05) is 36.5 Å². The van der Waals surface area contributed by atoms with E-state index in [1.807, 2.05) is 45.0 Å². The average molecular weight is 479 g/mol. The molecular formula is C25H26N4O4S. The summed E-state index contributed by atoms with van der Waals surface area (Å²) in [5.74, 6) is 1.30. The molecule has 1 heterocycles. The van der Waals surface area contributed by atoms with E-state index in [-0.39, 0.29) is 5.57 Å². The van der Waals surface area contributed by atoms with E-state index in [9.17, 15) is 10.1 Å². The second-order valence-corrected chi connectivity index (χ2v) is 8.42. The van der Waals surface area contributed by atoms with Crippen LogP contribution in [0.5, 0.6) is 17.2 Å². The fourth-order valence-corrected chi connectivity index (χ4v) is 3.66. The highest BCUT2D eigenvalue weighted by molar-refractivity contribution is 7.15. The van der Waals surface area contributed by atoms with Crippen molar-refractivity contribution in [1.29, 1.82) is 5.26 Å². The zero-order valence-electron chi connectivity index (χ0n) is 19.5. The lowest BCUT2D eigenvalue weighted by molar-refractivity contribution is -0.112. The fourth-order valence-electron chi connectivity index (χ4n) is 2.99. The van der Waals surface area contributed by atoms with Crippen molar-refractivity contribution in [2.45, 2.75) is 27.2 Å². The second kappa shape index (κ2) is 11.8. The predicted molar refractivity (Wildman–Crippen MR) is 131 cm³/mol. The van der Waals surface area contributed by atoms with E-state index in [2.05, 4.69) is 15.5 Å². The van der Waals surface area contributed by atoms with Crippen LogP contribution in [-0.2, 0) is 11.2 Å². The van der Waals surface area contributed by atoms with E-state index >= 15 is 0 Å². The first-order chi connectivity index (χ1) is 16.4. The molecule has 176 valence electrons. The van der Waals surface area contributed by atoms with Crippen LogP contribution in [-0.4, -0.2) is 36.4 Å². The van der Waals surface area contributed by atoms with Crippen molar-refractivity contribution in [1.82, 2.24) is 10.2 Å². The quantitative estimate of drug-likeness (QED) is 0.255. The number of aryl methyl sites for hydroxylation is 3. The molecule has 1 amide bonds. The van der Waals surface area contributed by atoms with Crippen molar-refractivity contribution >= 4 is 28.5 Å². The minimum atomic E-state index is -0.552. The Balaban J connectivity index is 1.63. The van der Waals surface area contributed by atoms with Crippen LogP contribution in [0.15, 0.2) is 42.0 Å². The van der Waals surface area contributed by atoms with Gasteiger partial charge in [-0.15, -0.1) is 10.2 Å². The summed E-state index contributed by atoms with van der Waals surface area (Å²) in [5.41, 5.74) is 2.75. The fraction of sp³-hybridized carbons (Fsp3) is 0.280. The van der Waals surface area contributed by atoms with Gasteiger partial charge < -0.3 is 14.2 Å². The topological polar surface area (TPSA) is 106 Å². The first-order valence-electron chi connectivity index (χ1n) is 10.7. The smallest absolute Gasteiger partial charge is 0.268 e. The summed E-state index contributed by atoms with van der Waals surface area (Å²) in [6, 6.07) is 13.2. The highest BCUT2D eigenvalue weighted by Gasteiger charge is 2.13. The molecule has 0 saturated carbocycles. The molecule has 9 heteroatoms. The van der Waals surface area contributed by atoms with Crippen LogP contribution in [0.3, 0.4) is 0 Å². The molecule has 1 aromatic heterocycles. The lowest BCUT2D eigenvalue weighted by Gasteiger charge is -2.13. The second-order valence-electron chi connectivity index (χ2n) is 7.35. The molecular weight excluding hydrogens is 452 g/mol. The van der Waals surface area contributed by atoms with E-state index in [1.165, 1.54) is 24.5 Å². The van der Waals surface area contributed by atoms with Gasteiger partial charge in [0.1, 0.15) is 35.6 Å².